The van der Waals surface area contributed by atoms with Crippen molar-refractivity contribution in [2.24, 2.45) is 0 Å². The van der Waals surface area contributed by atoms with Crippen LogP contribution >= 0.6 is 0 Å². The largest absolute Gasteiger partial charge is 0.456 e. The Labute approximate surface area is 487 Å². The maximum absolute atomic E-state index is 6.76. The van der Waals surface area contributed by atoms with E-state index in [1.54, 1.807) is 0 Å². The van der Waals surface area contributed by atoms with Crippen LogP contribution in [0.4, 0.5) is 34.1 Å². The number of furan rings is 2. The molecule has 0 N–H and O–H groups in total. The molecule has 84 heavy (non-hydrogen) atoms. The summed E-state index contributed by atoms with van der Waals surface area (Å²) in [5.41, 5.74) is 22.8. The Morgan fingerprint density at radius 2 is 0.667 bits per heavy atom. The molecule has 0 bridgehead atoms. The van der Waals surface area contributed by atoms with E-state index in [4.69, 9.17) is 8.83 Å². The third-order valence-corrected chi connectivity index (χ3v) is 18.0. The van der Waals surface area contributed by atoms with Gasteiger partial charge in [0.25, 0.3) is 0 Å². The van der Waals surface area contributed by atoms with Gasteiger partial charge in [-0.3, -0.25) is 0 Å². The van der Waals surface area contributed by atoms with Gasteiger partial charge in [0.05, 0.1) is 27.6 Å². The fraction of sp³-hybridized carbons (Fsp3) is 0.0250. The molecular formula is C80H52N2O2. The molecule has 2 aliphatic rings. The van der Waals surface area contributed by atoms with E-state index < -0.39 is 10.8 Å². The average molecular weight is 1070 g/mol. The van der Waals surface area contributed by atoms with Gasteiger partial charge in [0.15, 0.2) is 0 Å². The average Bonchev–Trinajstić information content (AvgIpc) is 1.80. The predicted molar refractivity (Wildman–Crippen MR) is 345 cm³/mol. The van der Waals surface area contributed by atoms with Crippen molar-refractivity contribution in [2.45, 2.75) is 10.8 Å². The maximum atomic E-state index is 6.76. The molecule has 17 rings (SSSR count). The Kier molecular flexibility index (Phi) is 10.7. The summed E-state index contributed by atoms with van der Waals surface area (Å²) < 4.78 is 13.5. The van der Waals surface area contributed by atoms with Crippen molar-refractivity contribution in [1.29, 1.82) is 0 Å². The van der Waals surface area contributed by atoms with Gasteiger partial charge in [0.1, 0.15) is 22.3 Å². The Balaban J connectivity index is 0.941. The predicted octanol–water partition coefficient (Wildman–Crippen LogP) is 21.2. The Morgan fingerprint density at radius 1 is 0.238 bits per heavy atom. The lowest BCUT2D eigenvalue weighted by Crippen LogP contribution is -2.30. The lowest BCUT2D eigenvalue weighted by atomic mass is 9.67. The van der Waals surface area contributed by atoms with Crippen LogP contribution in [0.25, 0.3) is 66.1 Å². The van der Waals surface area contributed by atoms with Crippen molar-refractivity contribution in [3.8, 4) is 22.3 Å². The van der Waals surface area contributed by atoms with Gasteiger partial charge in [-0.25, -0.2) is 0 Å². The fourth-order valence-corrected chi connectivity index (χ4v) is 14.7. The first-order valence-electron chi connectivity index (χ1n) is 28.9. The number of hydrogen-bond donors (Lipinski definition) is 0. The lowest BCUT2D eigenvalue weighted by molar-refractivity contribution is 0.668. The van der Waals surface area contributed by atoms with E-state index in [0.717, 1.165) is 78.0 Å². The molecule has 0 atom stereocenters. The number of rotatable bonds is 10. The molecule has 0 amide bonds. The summed E-state index contributed by atoms with van der Waals surface area (Å²) in [6.45, 7) is 0. The lowest BCUT2D eigenvalue weighted by Gasteiger charge is -2.38. The number of hydrogen-bond acceptors (Lipinski definition) is 4. The highest BCUT2D eigenvalue weighted by molar-refractivity contribution is 6.14. The topological polar surface area (TPSA) is 32.8 Å². The molecule has 15 aromatic rings. The molecule has 0 unspecified atom stereocenters. The molecule has 0 saturated carbocycles. The van der Waals surface area contributed by atoms with Gasteiger partial charge in [-0.1, -0.05) is 237 Å². The highest BCUT2D eigenvalue weighted by atomic mass is 16.3. The van der Waals surface area contributed by atoms with Crippen LogP contribution in [0.2, 0.25) is 0 Å². The number of benzene rings is 13. The first-order chi connectivity index (χ1) is 41.7. The van der Waals surface area contributed by atoms with Crippen LogP contribution in [0.15, 0.2) is 324 Å². The van der Waals surface area contributed by atoms with Gasteiger partial charge in [0, 0.05) is 50.5 Å². The van der Waals surface area contributed by atoms with Crippen LogP contribution in [0.3, 0.4) is 0 Å². The van der Waals surface area contributed by atoms with Gasteiger partial charge in [0.2, 0.25) is 0 Å². The zero-order valence-corrected chi connectivity index (χ0v) is 45.7. The first kappa shape index (κ1) is 47.8. The third-order valence-electron chi connectivity index (χ3n) is 18.0. The molecule has 2 heterocycles. The highest BCUT2D eigenvalue weighted by Crippen LogP contribution is 2.62. The molecule has 4 heteroatoms. The third kappa shape index (κ3) is 6.89. The second kappa shape index (κ2) is 18.8. The van der Waals surface area contributed by atoms with Crippen molar-refractivity contribution in [2.75, 3.05) is 9.80 Å². The Morgan fingerprint density at radius 3 is 1.35 bits per heavy atom. The number of anilines is 6. The van der Waals surface area contributed by atoms with Crippen molar-refractivity contribution in [1.82, 2.24) is 0 Å². The van der Waals surface area contributed by atoms with Crippen LogP contribution < -0.4 is 9.80 Å². The molecule has 13 aromatic carbocycles. The molecule has 394 valence electrons. The van der Waals surface area contributed by atoms with E-state index in [1.807, 2.05) is 6.07 Å². The van der Waals surface area contributed by atoms with E-state index in [2.05, 4.69) is 319 Å². The molecule has 0 fully saturated rings. The van der Waals surface area contributed by atoms with Gasteiger partial charge in [-0.2, -0.15) is 0 Å². The van der Waals surface area contributed by atoms with Crippen LogP contribution in [-0.4, -0.2) is 0 Å². The van der Waals surface area contributed by atoms with Crippen LogP contribution in [0.1, 0.15) is 44.5 Å². The highest BCUT2D eigenvalue weighted by Gasteiger charge is 2.49. The Hall–Kier alpha value is -10.9. The summed E-state index contributed by atoms with van der Waals surface area (Å²) in [4.78, 5) is 4.92. The number of fused-ring (bicyclic) bond motifs is 12. The minimum Gasteiger partial charge on any atom is -0.456 e. The molecule has 0 aliphatic heterocycles. The molecule has 4 nitrogen and oxygen atoms in total. The minimum atomic E-state index is -0.698. The van der Waals surface area contributed by atoms with E-state index in [-0.39, 0.29) is 0 Å². The second-order valence-corrected chi connectivity index (χ2v) is 22.2. The van der Waals surface area contributed by atoms with Crippen molar-refractivity contribution < 1.29 is 8.83 Å². The summed E-state index contributed by atoms with van der Waals surface area (Å²) >= 11 is 0. The molecule has 2 aromatic heterocycles. The summed E-state index contributed by atoms with van der Waals surface area (Å²) in [6.07, 6.45) is 0. The quantitative estimate of drug-likeness (QED) is 0.137. The number of para-hydroxylation sites is 2. The summed E-state index contributed by atoms with van der Waals surface area (Å²) in [5, 5.41) is 4.27. The van der Waals surface area contributed by atoms with E-state index >= 15 is 0 Å². The Bertz CT molecular complexity index is 4960. The van der Waals surface area contributed by atoms with E-state index in [9.17, 15) is 0 Å². The minimum absolute atomic E-state index is 0.548. The zero-order chi connectivity index (χ0) is 55.3. The van der Waals surface area contributed by atoms with Gasteiger partial charge in [-0.15, -0.1) is 0 Å². The zero-order valence-electron chi connectivity index (χ0n) is 45.7. The molecular weight excluding hydrogens is 1020 g/mol. The summed E-state index contributed by atoms with van der Waals surface area (Å²) in [6, 6.07) is 115. The second-order valence-electron chi connectivity index (χ2n) is 22.2. The summed E-state index contributed by atoms with van der Waals surface area (Å²) in [5.74, 6) is 0. The number of nitrogens with zero attached hydrogens (tertiary/aromatic N) is 2. The van der Waals surface area contributed by atoms with E-state index in [1.165, 1.54) is 66.8 Å². The van der Waals surface area contributed by atoms with Crippen LogP contribution in [0.5, 0.6) is 0 Å². The van der Waals surface area contributed by atoms with Crippen LogP contribution in [0, 0.1) is 0 Å². The molecule has 0 spiro atoms. The fourth-order valence-electron chi connectivity index (χ4n) is 14.7. The SMILES string of the molecule is c1ccc(C2(c3ccccc3)c3ccccc3-c3cc(N(c4cccc(N(c5cccc6c5C(c5ccccc5)(c5ccccc5)c5ccccc5-6)c5cccc6oc7ccccc7c56)c4)c4ccc5c(c4)oc4ccccc45)ccc32)cc1. The van der Waals surface area contributed by atoms with Gasteiger partial charge < -0.3 is 18.6 Å². The van der Waals surface area contributed by atoms with Crippen molar-refractivity contribution in [3.05, 3.63) is 360 Å². The molecule has 0 radical (unpaired) electrons. The van der Waals surface area contributed by atoms with Gasteiger partial charge in [-0.05, 0) is 134 Å². The molecule has 2 aliphatic carbocycles. The monoisotopic (exact) mass is 1070 g/mol. The smallest absolute Gasteiger partial charge is 0.137 e. The van der Waals surface area contributed by atoms with Gasteiger partial charge >= 0.3 is 0 Å². The molecule has 0 saturated heterocycles. The van der Waals surface area contributed by atoms with E-state index in [0.29, 0.717) is 0 Å². The van der Waals surface area contributed by atoms with Crippen molar-refractivity contribution >= 4 is 78.0 Å². The van der Waals surface area contributed by atoms with Crippen molar-refractivity contribution in [3.63, 3.8) is 0 Å². The maximum Gasteiger partial charge on any atom is 0.137 e. The normalized spacial score (nSPS) is 13.4. The summed E-state index contributed by atoms with van der Waals surface area (Å²) in [7, 11) is 0. The van der Waals surface area contributed by atoms with Crippen LogP contribution in [-0.2, 0) is 10.8 Å². The first-order valence-corrected chi connectivity index (χ1v) is 28.9. The standard InChI is InChI=1S/C80H52N2O2/c1-5-24-53(25-6-1)79(54-26-7-2-8-27-54)68-39-17-14-35-62(68)67-51-59(47-49-70(67)79)81(60-46-48-64-63-36-15-19-43-73(63)84-76(64)52-60)57-32-21-33-58(50-57)82(71-41-23-45-75-77(71)66-37-16-20-44-74(66)83-75)72-42-22-38-65-61-34-13-18-40-69(61)80(78(65)72,55-28-9-3-10-29-55)56-30-11-4-12-31-56/h1-52H.